The van der Waals surface area contributed by atoms with Crippen LogP contribution in [0, 0.1) is 11.7 Å². The number of nitrogens with zero attached hydrogens (tertiary/aromatic N) is 1. The Morgan fingerprint density at radius 2 is 2.00 bits per heavy atom. The van der Waals surface area contributed by atoms with Crippen molar-refractivity contribution in [3.05, 3.63) is 28.0 Å². The van der Waals surface area contributed by atoms with E-state index in [1.54, 1.807) is 6.21 Å². The van der Waals surface area contributed by atoms with Crippen LogP contribution in [0.5, 0.6) is 0 Å². The molecule has 5 heteroatoms. The molecular weight excluding hydrogens is 311 g/mol. The van der Waals surface area contributed by atoms with Crippen molar-refractivity contribution in [3.8, 4) is 0 Å². The summed E-state index contributed by atoms with van der Waals surface area (Å²) in [5.41, 5.74) is 1.31. The Hall–Kier alpha value is -0.940. The minimum absolute atomic E-state index is 0.0734. The smallest absolute Gasteiger partial charge is 0.148 e. The number of aliphatic hydroxyl groups is 1. The normalized spacial score (nSPS) is 29.7. The topological polar surface area (TPSA) is 44.6 Å². The zero-order chi connectivity index (χ0) is 13.4. The Morgan fingerprint density at radius 3 is 2.74 bits per heavy atom. The summed E-state index contributed by atoms with van der Waals surface area (Å²) in [5.74, 6) is 0.118. The molecule has 0 saturated heterocycles. The first-order chi connectivity index (χ1) is 9.13. The number of benzene rings is 1. The highest BCUT2D eigenvalue weighted by atomic mass is 79.9. The summed E-state index contributed by atoms with van der Waals surface area (Å²) >= 11 is 3.28. The molecule has 0 amide bonds. The van der Waals surface area contributed by atoms with Gasteiger partial charge in [-0.2, -0.15) is 0 Å². The predicted octanol–water partition coefficient (Wildman–Crippen LogP) is 3.31. The van der Waals surface area contributed by atoms with E-state index < -0.39 is 0 Å². The lowest BCUT2D eigenvalue weighted by Crippen LogP contribution is -2.34. The summed E-state index contributed by atoms with van der Waals surface area (Å²) in [4.78, 5) is 4.50. The van der Waals surface area contributed by atoms with E-state index in [4.69, 9.17) is 0 Å². The van der Waals surface area contributed by atoms with Crippen molar-refractivity contribution in [1.82, 2.24) is 0 Å². The van der Waals surface area contributed by atoms with Gasteiger partial charge in [-0.3, -0.25) is 4.99 Å². The number of hydrogen-bond acceptors (Lipinski definition) is 3. The van der Waals surface area contributed by atoms with E-state index in [1.165, 1.54) is 6.07 Å². The lowest BCUT2D eigenvalue weighted by molar-refractivity contribution is 0.104. The molecule has 19 heavy (non-hydrogen) atoms. The average molecular weight is 327 g/mol. The summed E-state index contributed by atoms with van der Waals surface area (Å²) in [5, 5.41) is 12.7. The van der Waals surface area contributed by atoms with Gasteiger partial charge in [-0.1, -0.05) is 15.9 Å². The van der Waals surface area contributed by atoms with Gasteiger partial charge in [0.1, 0.15) is 12.0 Å². The molecule has 0 bridgehead atoms. The van der Waals surface area contributed by atoms with E-state index in [9.17, 15) is 9.50 Å². The monoisotopic (exact) mass is 326 g/mol. The molecule has 3 rings (SSSR count). The van der Waals surface area contributed by atoms with E-state index in [0.717, 1.165) is 35.7 Å². The molecule has 1 aromatic rings. The maximum Gasteiger partial charge on any atom is 0.148 e. The van der Waals surface area contributed by atoms with Crippen LogP contribution >= 0.6 is 15.9 Å². The van der Waals surface area contributed by atoms with Gasteiger partial charge in [0.05, 0.1) is 11.8 Å². The lowest BCUT2D eigenvalue weighted by Gasteiger charge is -2.33. The summed E-state index contributed by atoms with van der Waals surface area (Å²) < 4.78 is 14.7. The number of halogens is 2. The second-order valence-electron chi connectivity index (χ2n) is 5.29. The molecule has 1 unspecified atom stereocenters. The van der Waals surface area contributed by atoms with E-state index in [1.807, 2.05) is 6.07 Å². The maximum atomic E-state index is 13.9. The molecule has 0 aromatic heterocycles. The fourth-order valence-electron chi connectivity index (χ4n) is 2.85. The van der Waals surface area contributed by atoms with Gasteiger partial charge in [-0.25, -0.2) is 4.39 Å². The first-order valence-electron chi connectivity index (χ1n) is 6.60. The predicted molar refractivity (Wildman–Crippen MR) is 77.1 cm³/mol. The van der Waals surface area contributed by atoms with Crippen molar-refractivity contribution < 1.29 is 9.50 Å². The van der Waals surface area contributed by atoms with Gasteiger partial charge in [0.25, 0.3) is 0 Å². The van der Waals surface area contributed by atoms with Crippen LogP contribution in [0.1, 0.15) is 31.2 Å². The molecule has 2 N–H and O–H groups in total. The highest BCUT2D eigenvalue weighted by molar-refractivity contribution is 9.10. The molecule has 1 atom stereocenters. The lowest BCUT2D eigenvalue weighted by atomic mass is 9.85. The molecule has 1 heterocycles. The van der Waals surface area contributed by atoms with Crippen LogP contribution in [0.15, 0.2) is 21.6 Å². The van der Waals surface area contributed by atoms with E-state index in [2.05, 4.69) is 26.2 Å². The highest BCUT2D eigenvalue weighted by Crippen LogP contribution is 2.33. The number of rotatable bonds is 1. The minimum Gasteiger partial charge on any atom is -0.393 e. The molecule has 1 aliphatic carbocycles. The Morgan fingerprint density at radius 1 is 1.26 bits per heavy atom. The molecule has 0 spiro atoms. The molecule has 1 saturated carbocycles. The number of hydrogen-bond donors (Lipinski definition) is 2. The number of aliphatic hydroxyl groups excluding tert-OH is 1. The van der Waals surface area contributed by atoms with Crippen molar-refractivity contribution in [3.63, 3.8) is 0 Å². The van der Waals surface area contributed by atoms with Crippen LogP contribution in [-0.2, 0) is 0 Å². The number of anilines is 1. The Kier molecular flexibility index (Phi) is 3.58. The Balaban J connectivity index is 1.79. The Labute approximate surface area is 120 Å². The fraction of sp³-hybridized carbons (Fsp3) is 0.500. The van der Waals surface area contributed by atoms with E-state index in [-0.39, 0.29) is 18.1 Å². The van der Waals surface area contributed by atoms with Crippen LogP contribution in [0.25, 0.3) is 0 Å². The molecular formula is C14H16BrFN2O. The number of nitrogens with one attached hydrogen (secondary N) is 1. The third kappa shape index (κ3) is 2.67. The van der Waals surface area contributed by atoms with Crippen molar-refractivity contribution in [1.29, 1.82) is 0 Å². The molecule has 1 aromatic carbocycles. The second-order valence-corrected chi connectivity index (χ2v) is 6.20. The average Bonchev–Trinajstić information content (AvgIpc) is 2.39. The summed E-state index contributed by atoms with van der Waals surface area (Å²) in [6, 6.07) is 3.32. The third-order valence-electron chi connectivity index (χ3n) is 3.94. The SMILES string of the molecule is OC1CCC(C2N=Cc3cc(Br)cc(F)c3N2)CC1. The van der Waals surface area contributed by atoms with Crippen molar-refractivity contribution in [2.75, 3.05) is 5.32 Å². The standard InChI is InChI=1S/C14H16BrFN2O/c15-10-5-9-7-17-14(18-13(9)12(16)6-10)8-1-3-11(19)4-2-8/h5-8,11,14,18-19H,1-4H2. The fourth-order valence-corrected chi connectivity index (χ4v) is 3.30. The first kappa shape index (κ1) is 13.1. The first-order valence-corrected chi connectivity index (χ1v) is 7.39. The van der Waals surface area contributed by atoms with Gasteiger partial charge in [0.2, 0.25) is 0 Å². The van der Waals surface area contributed by atoms with Crippen molar-refractivity contribution in [2.24, 2.45) is 10.9 Å². The van der Waals surface area contributed by atoms with E-state index in [0.29, 0.717) is 11.6 Å². The quantitative estimate of drug-likeness (QED) is 0.831. The molecule has 0 radical (unpaired) electrons. The van der Waals surface area contributed by atoms with Gasteiger partial charge in [0.15, 0.2) is 0 Å². The molecule has 1 aliphatic heterocycles. The van der Waals surface area contributed by atoms with Crippen LogP contribution in [0.3, 0.4) is 0 Å². The van der Waals surface area contributed by atoms with Gasteiger partial charge in [-0.05, 0) is 43.7 Å². The van der Waals surface area contributed by atoms with Crippen LogP contribution in [-0.4, -0.2) is 23.6 Å². The van der Waals surface area contributed by atoms with Crippen LogP contribution in [0.4, 0.5) is 10.1 Å². The van der Waals surface area contributed by atoms with Gasteiger partial charge >= 0.3 is 0 Å². The molecule has 102 valence electrons. The van der Waals surface area contributed by atoms with E-state index >= 15 is 0 Å². The van der Waals surface area contributed by atoms with Crippen LogP contribution in [0.2, 0.25) is 0 Å². The van der Waals surface area contributed by atoms with Gasteiger partial charge < -0.3 is 10.4 Å². The maximum absolute atomic E-state index is 13.9. The summed E-state index contributed by atoms with van der Waals surface area (Å²) in [6.07, 6.45) is 4.99. The van der Waals surface area contributed by atoms with Crippen molar-refractivity contribution in [2.45, 2.75) is 38.0 Å². The minimum atomic E-state index is -0.253. The zero-order valence-electron chi connectivity index (χ0n) is 10.4. The molecule has 1 fully saturated rings. The number of fused-ring (bicyclic) bond motifs is 1. The highest BCUT2D eigenvalue weighted by Gasteiger charge is 2.29. The third-order valence-corrected chi connectivity index (χ3v) is 4.40. The number of aliphatic imine (C=N–C) groups is 1. The summed E-state index contributed by atoms with van der Waals surface area (Å²) in [7, 11) is 0. The molecule has 3 nitrogen and oxygen atoms in total. The van der Waals surface area contributed by atoms with Crippen molar-refractivity contribution >= 4 is 27.8 Å². The van der Waals surface area contributed by atoms with Crippen LogP contribution < -0.4 is 5.32 Å². The Bertz CT molecular complexity index is 512. The zero-order valence-corrected chi connectivity index (χ0v) is 12.0. The summed E-state index contributed by atoms with van der Waals surface area (Å²) in [6.45, 7) is 0. The largest absolute Gasteiger partial charge is 0.393 e. The molecule has 2 aliphatic rings. The van der Waals surface area contributed by atoms with Gasteiger partial charge in [0, 0.05) is 16.3 Å². The second kappa shape index (κ2) is 5.21. The van der Waals surface area contributed by atoms with Gasteiger partial charge in [-0.15, -0.1) is 0 Å².